The second kappa shape index (κ2) is 7.74. The lowest BCUT2D eigenvalue weighted by molar-refractivity contribution is -0.920. The summed E-state index contributed by atoms with van der Waals surface area (Å²) in [7, 11) is 0. The van der Waals surface area contributed by atoms with E-state index in [1.165, 1.54) is 12.1 Å². The van der Waals surface area contributed by atoms with E-state index in [9.17, 15) is 22.8 Å². The molecule has 0 radical (unpaired) electrons. The third-order valence-electron chi connectivity index (χ3n) is 6.51. The molecule has 0 aliphatic carbocycles. The van der Waals surface area contributed by atoms with E-state index in [0.717, 1.165) is 64.7 Å². The number of imide groups is 1. The quantitative estimate of drug-likeness (QED) is 0.612. The van der Waals surface area contributed by atoms with Crippen molar-refractivity contribution < 1.29 is 27.7 Å². The number of likely N-dealkylation sites (tertiary alicyclic amines) is 1. The highest BCUT2D eigenvalue weighted by molar-refractivity contribution is 6.21. The number of halogens is 3. The summed E-state index contributed by atoms with van der Waals surface area (Å²) in [5, 5.41) is 0. The van der Waals surface area contributed by atoms with Crippen molar-refractivity contribution in [2.45, 2.75) is 37.4 Å². The van der Waals surface area contributed by atoms with Crippen LogP contribution in [0.15, 0.2) is 48.5 Å². The second-order valence-electron chi connectivity index (χ2n) is 8.44. The molecule has 0 spiro atoms. The van der Waals surface area contributed by atoms with Gasteiger partial charge in [0.15, 0.2) is 6.04 Å². The third kappa shape index (κ3) is 3.66. The fraction of sp³-hybridized carbons (Fsp3) is 0.348. The molecule has 3 aromatic rings. The molecule has 1 unspecified atom stereocenters. The number of amides is 2. The Morgan fingerprint density at radius 3 is 2.34 bits per heavy atom. The van der Waals surface area contributed by atoms with Gasteiger partial charge in [0.2, 0.25) is 5.91 Å². The number of quaternary nitrogens is 1. The van der Waals surface area contributed by atoms with Gasteiger partial charge in [0.25, 0.3) is 5.91 Å². The van der Waals surface area contributed by atoms with Crippen LogP contribution in [0.25, 0.3) is 11.0 Å². The summed E-state index contributed by atoms with van der Waals surface area (Å²) < 4.78 is 38.4. The Hall–Kier alpha value is -3.20. The van der Waals surface area contributed by atoms with Gasteiger partial charge in [-0.3, -0.25) is 9.59 Å². The average Bonchev–Trinajstić information content (AvgIpc) is 3.34. The SMILES string of the molecule is O=C1CC([NH+]2CCC(c3nc4ccccc4[nH]3)CC2)C(=O)N1c1ccc(C(F)(F)F)cc1. The lowest BCUT2D eigenvalue weighted by Crippen LogP contribution is -3.17. The monoisotopic (exact) mass is 443 g/mol. The molecule has 1 atom stereocenters. The molecule has 2 fully saturated rings. The number of rotatable bonds is 3. The van der Waals surface area contributed by atoms with E-state index in [1.54, 1.807) is 0 Å². The molecule has 5 rings (SSSR count). The predicted octanol–water partition coefficient (Wildman–Crippen LogP) is 2.68. The van der Waals surface area contributed by atoms with Crippen molar-refractivity contribution in [1.29, 1.82) is 0 Å². The molecule has 166 valence electrons. The first-order chi connectivity index (χ1) is 15.3. The van der Waals surface area contributed by atoms with Crippen LogP contribution in [0.5, 0.6) is 0 Å². The van der Waals surface area contributed by atoms with Crippen molar-refractivity contribution in [2.24, 2.45) is 0 Å². The number of imidazole rings is 1. The number of piperidine rings is 1. The zero-order chi connectivity index (χ0) is 22.5. The summed E-state index contributed by atoms with van der Waals surface area (Å²) >= 11 is 0. The topological polar surface area (TPSA) is 70.5 Å². The van der Waals surface area contributed by atoms with Crippen LogP contribution in [0.4, 0.5) is 18.9 Å². The molecule has 0 saturated carbocycles. The number of nitrogens with one attached hydrogen (secondary N) is 2. The van der Waals surface area contributed by atoms with Gasteiger partial charge < -0.3 is 9.88 Å². The van der Waals surface area contributed by atoms with Crippen LogP contribution in [0.3, 0.4) is 0 Å². The smallest absolute Gasteiger partial charge is 0.342 e. The maximum atomic E-state index is 13.0. The molecule has 32 heavy (non-hydrogen) atoms. The first kappa shape index (κ1) is 20.7. The molecular weight excluding hydrogens is 421 g/mol. The molecule has 2 aliphatic rings. The normalized spacial score (nSPS) is 24.5. The summed E-state index contributed by atoms with van der Waals surface area (Å²) in [5.74, 6) is 0.508. The van der Waals surface area contributed by atoms with Crippen molar-refractivity contribution in [1.82, 2.24) is 9.97 Å². The highest BCUT2D eigenvalue weighted by atomic mass is 19.4. The second-order valence-corrected chi connectivity index (χ2v) is 8.44. The van der Waals surface area contributed by atoms with E-state index in [4.69, 9.17) is 0 Å². The average molecular weight is 443 g/mol. The van der Waals surface area contributed by atoms with Gasteiger partial charge in [-0.25, -0.2) is 9.88 Å². The van der Waals surface area contributed by atoms with E-state index >= 15 is 0 Å². The number of hydrogen-bond donors (Lipinski definition) is 2. The molecule has 2 aliphatic heterocycles. The number of anilines is 1. The first-order valence-corrected chi connectivity index (χ1v) is 10.6. The number of benzene rings is 2. The fourth-order valence-electron chi connectivity index (χ4n) is 4.80. The number of carbonyl (C=O) groups excluding carboxylic acids is 2. The summed E-state index contributed by atoms with van der Waals surface area (Å²) in [6.45, 7) is 1.46. The number of alkyl halides is 3. The van der Waals surface area contributed by atoms with Crippen molar-refractivity contribution in [3.05, 3.63) is 59.9 Å². The van der Waals surface area contributed by atoms with Crippen LogP contribution in [0, 0.1) is 0 Å². The third-order valence-corrected chi connectivity index (χ3v) is 6.51. The summed E-state index contributed by atoms with van der Waals surface area (Å²) in [6, 6.07) is 11.5. The van der Waals surface area contributed by atoms with Gasteiger partial charge >= 0.3 is 6.18 Å². The van der Waals surface area contributed by atoms with E-state index in [0.29, 0.717) is 0 Å². The molecule has 0 bridgehead atoms. The zero-order valence-corrected chi connectivity index (χ0v) is 17.2. The molecule has 3 heterocycles. The maximum absolute atomic E-state index is 13.0. The fourth-order valence-corrected chi connectivity index (χ4v) is 4.80. The summed E-state index contributed by atoms with van der Waals surface area (Å²) in [4.78, 5) is 35.7. The van der Waals surface area contributed by atoms with Crippen molar-refractivity contribution in [2.75, 3.05) is 18.0 Å². The van der Waals surface area contributed by atoms with Gasteiger partial charge in [-0.1, -0.05) is 12.1 Å². The van der Waals surface area contributed by atoms with E-state index in [2.05, 4.69) is 9.97 Å². The molecule has 2 saturated heterocycles. The van der Waals surface area contributed by atoms with Crippen LogP contribution in [0.2, 0.25) is 0 Å². The minimum Gasteiger partial charge on any atom is -0.342 e. The molecule has 2 aromatic carbocycles. The van der Waals surface area contributed by atoms with Gasteiger partial charge in [0.05, 0.1) is 41.8 Å². The Morgan fingerprint density at radius 1 is 1.00 bits per heavy atom. The highest BCUT2D eigenvalue weighted by Gasteiger charge is 2.47. The highest BCUT2D eigenvalue weighted by Crippen LogP contribution is 2.32. The Balaban J connectivity index is 1.26. The standard InChI is InChI=1S/C23H21F3N4O2/c24-23(25,26)15-5-7-16(8-6-15)30-20(31)13-19(22(30)32)29-11-9-14(10-12-29)21-27-17-3-1-2-4-18(17)28-21/h1-8,14,19H,9-13H2,(H,27,28)/p+1. The van der Waals surface area contributed by atoms with Gasteiger partial charge in [0.1, 0.15) is 5.82 Å². The molecule has 2 N–H and O–H groups in total. The number of hydrogen-bond acceptors (Lipinski definition) is 3. The minimum atomic E-state index is -4.46. The molecular formula is C23H22F3N4O2+. The Kier molecular flexibility index (Phi) is 5.00. The Bertz CT molecular complexity index is 1130. The van der Waals surface area contributed by atoms with E-state index < -0.39 is 17.8 Å². The number of H-pyrrole nitrogens is 1. The number of para-hydroxylation sites is 2. The molecule has 9 heteroatoms. The van der Waals surface area contributed by atoms with Crippen molar-refractivity contribution in [3.8, 4) is 0 Å². The maximum Gasteiger partial charge on any atom is 0.416 e. The number of nitrogens with zero attached hydrogens (tertiary/aromatic N) is 2. The molecule has 2 amide bonds. The Labute approximate surface area is 182 Å². The number of aromatic nitrogens is 2. The van der Waals surface area contributed by atoms with E-state index in [1.807, 2.05) is 24.3 Å². The first-order valence-electron chi connectivity index (χ1n) is 10.6. The predicted molar refractivity (Wildman–Crippen MR) is 111 cm³/mol. The largest absolute Gasteiger partial charge is 0.416 e. The van der Waals surface area contributed by atoms with E-state index in [-0.39, 0.29) is 29.8 Å². The lowest BCUT2D eigenvalue weighted by Gasteiger charge is -2.31. The van der Waals surface area contributed by atoms with Crippen molar-refractivity contribution in [3.63, 3.8) is 0 Å². The van der Waals surface area contributed by atoms with Crippen molar-refractivity contribution >= 4 is 28.5 Å². The Morgan fingerprint density at radius 2 is 1.69 bits per heavy atom. The van der Waals surface area contributed by atoms with Crippen LogP contribution in [-0.4, -0.2) is 40.9 Å². The zero-order valence-electron chi connectivity index (χ0n) is 17.2. The molecule has 1 aromatic heterocycles. The van der Waals surface area contributed by atoms with Crippen LogP contribution < -0.4 is 9.80 Å². The number of aromatic amines is 1. The van der Waals surface area contributed by atoms with Crippen LogP contribution in [0.1, 0.15) is 36.6 Å². The van der Waals surface area contributed by atoms with Gasteiger partial charge in [-0.05, 0) is 36.4 Å². The summed E-state index contributed by atoms with van der Waals surface area (Å²) in [5.41, 5.74) is 1.31. The van der Waals surface area contributed by atoms with Gasteiger partial charge in [-0.2, -0.15) is 13.2 Å². The lowest BCUT2D eigenvalue weighted by atomic mass is 9.95. The number of carbonyl (C=O) groups is 2. The van der Waals surface area contributed by atoms with Gasteiger partial charge in [-0.15, -0.1) is 0 Å². The molecule has 6 nitrogen and oxygen atoms in total. The number of fused-ring (bicyclic) bond motifs is 1. The van der Waals surface area contributed by atoms with Gasteiger partial charge in [0, 0.05) is 18.8 Å². The van der Waals surface area contributed by atoms with Crippen LogP contribution >= 0.6 is 0 Å². The van der Waals surface area contributed by atoms with Crippen LogP contribution in [-0.2, 0) is 15.8 Å². The minimum absolute atomic E-state index is 0.0739. The summed E-state index contributed by atoms with van der Waals surface area (Å²) in [6.07, 6.45) is -2.71.